The highest BCUT2D eigenvalue weighted by atomic mass is 16.5. The van der Waals surface area contributed by atoms with Crippen molar-refractivity contribution in [1.29, 1.82) is 0 Å². The number of anilines is 2. The average Bonchev–Trinajstić information content (AvgIpc) is 3.39. The van der Waals surface area contributed by atoms with E-state index in [1.54, 1.807) is 31.4 Å². The third-order valence-electron chi connectivity index (χ3n) is 8.37. The van der Waals surface area contributed by atoms with Gasteiger partial charge in [0.25, 0.3) is 11.8 Å². The maximum atomic E-state index is 13.5. The Morgan fingerprint density at radius 3 is 2.32 bits per heavy atom. The molecule has 10 nitrogen and oxygen atoms in total. The van der Waals surface area contributed by atoms with Crippen molar-refractivity contribution < 1.29 is 23.9 Å². The van der Waals surface area contributed by atoms with Crippen LogP contribution < -0.4 is 25.0 Å². The molecular weight excluding hydrogens is 522 g/mol. The van der Waals surface area contributed by atoms with E-state index < -0.39 is 0 Å². The smallest absolute Gasteiger partial charge is 0.255 e. The van der Waals surface area contributed by atoms with E-state index in [9.17, 15) is 14.4 Å². The second-order valence-electron chi connectivity index (χ2n) is 10.9. The number of nitrogens with zero attached hydrogens (tertiary/aromatic N) is 3. The predicted molar refractivity (Wildman–Crippen MR) is 158 cm³/mol. The summed E-state index contributed by atoms with van der Waals surface area (Å²) >= 11 is 0. The van der Waals surface area contributed by atoms with Crippen molar-refractivity contribution in [2.75, 3.05) is 76.8 Å². The lowest BCUT2D eigenvalue weighted by molar-refractivity contribution is -0.137. The first-order valence-corrected chi connectivity index (χ1v) is 14.7. The summed E-state index contributed by atoms with van der Waals surface area (Å²) < 4.78 is 10.7. The Morgan fingerprint density at radius 1 is 0.780 bits per heavy atom. The highest BCUT2D eigenvalue weighted by molar-refractivity contribution is 6.07. The minimum atomic E-state index is -0.313. The lowest BCUT2D eigenvalue weighted by Crippen LogP contribution is -2.41. The third kappa shape index (κ3) is 6.59. The lowest BCUT2D eigenvalue weighted by Gasteiger charge is -2.31. The molecule has 0 unspecified atom stereocenters. The number of hydrogen-bond donors (Lipinski definition) is 2. The summed E-state index contributed by atoms with van der Waals surface area (Å²) in [4.78, 5) is 46.0. The van der Waals surface area contributed by atoms with Gasteiger partial charge < -0.3 is 34.8 Å². The molecule has 10 heteroatoms. The van der Waals surface area contributed by atoms with Crippen LogP contribution in [0.25, 0.3) is 0 Å². The van der Waals surface area contributed by atoms with Gasteiger partial charge >= 0.3 is 0 Å². The highest BCUT2D eigenvalue weighted by Gasteiger charge is 2.31. The first-order chi connectivity index (χ1) is 20.0. The van der Waals surface area contributed by atoms with E-state index in [1.807, 2.05) is 21.9 Å². The normalized spacial score (nSPS) is 18.1. The molecule has 5 rings (SSSR count). The maximum Gasteiger partial charge on any atom is 0.255 e. The Labute approximate surface area is 241 Å². The monoisotopic (exact) mass is 563 g/mol. The number of carbonyl (C=O) groups excluding carboxylic acids is 3. The molecule has 2 aliphatic heterocycles. The molecule has 0 spiro atoms. The number of hydrogen-bond acceptors (Lipinski definition) is 7. The number of benzene rings is 2. The molecule has 0 bridgehead atoms. The molecule has 220 valence electrons. The van der Waals surface area contributed by atoms with Crippen molar-refractivity contribution in [3.8, 4) is 11.5 Å². The van der Waals surface area contributed by atoms with Gasteiger partial charge in [-0.3, -0.25) is 14.4 Å². The minimum absolute atomic E-state index is 0.0463. The van der Waals surface area contributed by atoms with Crippen molar-refractivity contribution in [2.45, 2.75) is 32.1 Å². The van der Waals surface area contributed by atoms with Gasteiger partial charge in [0.1, 0.15) is 0 Å². The fourth-order valence-corrected chi connectivity index (χ4v) is 5.74. The summed E-state index contributed by atoms with van der Waals surface area (Å²) in [5.74, 6) is 1.09. The van der Waals surface area contributed by atoms with Crippen molar-refractivity contribution >= 4 is 29.1 Å². The Hall–Kier alpha value is -3.79. The Bertz CT molecular complexity index is 1260. The van der Waals surface area contributed by atoms with Crippen LogP contribution in [0.3, 0.4) is 0 Å². The van der Waals surface area contributed by atoms with Crippen molar-refractivity contribution in [1.82, 2.24) is 15.1 Å². The van der Waals surface area contributed by atoms with Crippen LogP contribution in [0, 0.1) is 5.92 Å². The number of rotatable bonds is 7. The molecule has 1 saturated carbocycles. The molecule has 0 aromatic heterocycles. The molecule has 2 aromatic rings. The second-order valence-corrected chi connectivity index (χ2v) is 10.9. The van der Waals surface area contributed by atoms with Gasteiger partial charge in [0, 0.05) is 62.9 Å². The van der Waals surface area contributed by atoms with Gasteiger partial charge in [-0.2, -0.15) is 0 Å². The molecule has 2 N–H and O–H groups in total. The predicted octanol–water partition coefficient (Wildman–Crippen LogP) is 3.23. The van der Waals surface area contributed by atoms with Gasteiger partial charge in [0.15, 0.2) is 11.5 Å². The summed E-state index contributed by atoms with van der Waals surface area (Å²) in [6.45, 7) is 5.77. The van der Waals surface area contributed by atoms with E-state index in [0.29, 0.717) is 54.5 Å². The molecule has 3 aliphatic rings. The molecule has 2 aromatic carbocycles. The van der Waals surface area contributed by atoms with E-state index in [0.717, 1.165) is 64.0 Å². The molecule has 2 saturated heterocycles. The molecule has 3 fully saturated rings. The number of amides is 3. The summed E-state index contributed by atoms with van der Waals surface area (Å²) in [5.41, 5.74) is 2.36. The van der Waals surface area contributed by atoms with Crippen LogP contribution in [0.15, 0.2) is 36.4 Å². The van der Waals surface area contributed by atoms with Crippen LogP contribution in [0.2, 0.25) is 0 Å². The Balaban J connectivity index is 1.41. The SMILES string of the molecule is COc1ccc(C(=O)Nc2cc(C(=O)N3CCCNCC3)ccc2N2CCCN(C(=O)C3CCC3)CC2)cc1OC. The van der Waals surface area contributed by atoms with Crippen molar-refractivity contribution in [2.24, 2.45) is 5.92 Å². The standard InChI is InChI=1S/C31H41N5O5/c1-40-27-11-9-23(21-28(27)41-2)29(37)33-25-20-24(31(39)35-14-4-12-32-13-17-35)8-10-26(25)34-15-5-16-36(19-18-34)30(38)22-6-3-7-22/h8-11,20-22,32H,3-7,12-19H2,1-2H3,(H,33,37). The molecular formula is C31H41N5O5. The fourth-order valence-electron chi connectivity index (χ4n) is 5.74. The van der Waals surface area contributed by atoms with E-state index in [1.165, 1.54) is 7.11 Å². The van der Waals surface area contributed by atoms with Gasteiger partial charge in [-0.05, 0) is 68.6 Å². The Kier molecular flexibility index (Phi) is 9.28. The number of carbonyl (C=O) groups is 3. The van der Waals surface area contributed by atoms with E-state index in [-0.39, 0.29) is 23.6 Å². The quantitative estimate of drug-likeness (QED) is 0.533. The number of methoxy groups -OCH3 is 2. The molecule has 2 heterocycles. The van der Waals surface area contributed by atoms with Gasteiger partial charge in [-0.1, -0.05) is 6.42 Å². The largest absolute Gasteiger partial charge is 0.493 e. The second kappa shape index (κ2) is 13.2. The average molecular weight is 564 g/mol. The topological polar surface area (TPSA) is 103 Å². The van der Waals surface area contributed by atoms with Gasteiger partial charge in [-0.15, -0.1) is 0 Å². The van der Waals surface area contributed by atoms with Crippen LogP contribution in [0.4, 0.5) is 11.4 Å². The first-order valence-electron chi connectivity index (χ1n) is 14.7. The van der Waals surface area contributed by atoms with Gasteiger partial charge in [0.05, 0.1) is 25.6 Å². The van der Waals surface area contributed by atoms with Crippen LogP contribution >= 0.6 is 0 Å². The molecule has 0 radical (unpaired) electrons. The van der Waals surface area contributed by atoms with E-state index >= 15 is 0 Å². The van der Waals surface area contributed by atoms with Crippen LogP contribution in [-0.4, -0.2) is 94.1 Å². The number of ether oxygens (including phenoxy) is 2. The zero-order valence-corrected chi connectivity index (χ0v) is 24.1. The minimum Gasteiger partial charge on any atom is -0.493 e. The van der Waals surface area contributed by atoms with Crippen molar-refractivity contribution in [3.05, 3.63) is 47.5 Å². The Morgan fingerprint density at radius 2 is 1.56 bits per heavy atom. The van der Waals surface area contributed by atoms with E-state index in [2.05, 4.69) is 15.5 Å². The van der Waals surface area contributed by atoms with Crippen LogP contribution in [-0.2, 0) is 4.79 Å². The number of nitrogens with one attached hydrogen (secondary N) is 2. The van der Waals surface area contributed by atoms with Crippen LogP contribution in [0.5, 0.6) is 11.5 Å². The zero-order valence-electron chi connectivity index (χ0n) is 24.1. The summed E-state index contributed by atoms with van der Waals surface area (Å²) in [6, 6.07) is 10.6. The molecule has 41 heavy (non-hydrogen) atoms. The zero-order chi connectivity index (χ0) is 28.8. The summed E-state index contributed by atoms with van der Waals surface area (Å²) in [5, 5.41) is 6.41. The van der Waals surface area contributed by atoms with Crippen molar-refractivity contribution in [3.63, 3.8) is 0 Å². The maximum absolute atomic E-state index is 13.5. The molecule has 3 amide bonds. The fraction of sp³-hybridized carbons (Fsp3) is 0.516. The van der Waals surface area contributed by atoms with E-state index in [4.69, 9.17) is 9.47 Å². The summed E-state index contributed by atoms with van der Waals surface area (Å²) in [7, 11) is 3.08. The molecule has 1 aliphatic carbocycles. The van der Waals surface area contributed by atoms with Crippen LogP contribution in [0.1, 0.15) is 52.8 Å². The lowest BCUT2D eigenvalue weighted by atomic mass is 9.84. The summed E-state index contributed by atoms with van der Waals surface area (Å²) in [6.07, 6.45) is 4.86. The van der Waals surface area contributed by atoms with Gasteiger partial charge in [-0.25, -0.2) is 0 Å². The highest BCUT2D eigenvalue weighted by Crippen LogP contribution is 2.33. The third-order valence-corrected chi connectivity index (χ3v) is 8.37. The van der Waals surface area contributed by atoms with Gasteiger partial charge in [0.2, 0.25) is 5.91 Å². The first kappa shape index (κ1) is 28.7. The molecule has 0 atom stereocenters.